The second-order valence-corrected chi connectivity index (χ2v) is 8.55. The molecule has 34 heavy (non-hydrogen) atoms. The number of aliphatic hydroxyl groups is 1. The van der Waals surface area contributed by atoms with E-state index in [2.05, 4.69) is 27.3 Å². The van der Waals surface area contributed by atoms with Gasteiger partial charge in [0, 0.05) is 38.3 Å². The van der Waals surface area contributed by atoms with Gasteiger partial charge in [0.2, 0.25) is 11.9 Å². The zero-order valence-electron chi connectivity index (χ0n) is 19.1. The molecule has 2 aliphatic heterocycles. The quantitative estimate of drug-likeness (QED) is 0.486. The summed E-state index contributed by atoms with van der Waals surface area (Å²) in [4.78, 5) is 18.5. The van der Waals surface area contributed by atoms with Crippen molar-refractivity contribution >= 4 is 11.9 Å². The molecule has 9 nitrogen and oxygen atoms in total. The van der Waals surface area contributed by atoms with Gasteiger partial charge in [-0.05, 0) is 29.7 Å². The van der Waals surface area contributed by atoms with Crippen molar-refractivity contribution in [1.29, 1.82) is 0 Å². The molecule has 0 saturated carbocycles. The van der Waals surface area contributed by atoms with Crippen molar-refractivity contribution < 1.29 is 14.9 Å². The number of nitrogens with one attached hydrogen (secondary N) is 1. The third kappa shape index (κ3) is 4.96. The van der Waals surface area contributed by atoms with E-state index < -0.39 is 0 Å². The van der Waals surface area contributed by atoms with Gasteiger partial charge in [0.25, 0.3) is 0 Å². The highest BCUT2D eigenvalue weighted by atomic mass is 16.5. The molecule has 0 aliphatic carbocycles. The van der Waals surface area contributed by atoms with Crippen LogP contribution >= 0.6 is 0 Å². The van der Waals surface area contributed by atoms with Gasteiger partial charge in [-0.2, -0.15) is 15.0 Å². The third-order valence-electron chi connectivity index (χ3n) is 6.38. The van der Waals surface area contributed by atoms with Gasteiger partial charge in [-0.25, -0.2) is 0 Å². The van der Waals surface area contributed by atoms with Gasteiger partial charge in [-0.3, -0.25) is 4.90 Å². The summed E-state index contributed by atoms with van der Waals surface area (Å²) in [5.41, 5.74) is 3.04. The Morgan fingerprint density at radius 1 is 1.00 bits per heavy atom. The van der Waals surface area contributed by atoms with Crippen LogP contribution in [-0.4, -0.2) is 82.6 Å². The van der Waals surface area contributed by atoms with Crippen molar-refractivity contribution in [3.63, 3.8) is 0 Å². The number of rotatable bonds is 7. The Hall–Kier alpha value is -3.27. The lowest BCUT2D eigenvalue weighted by atomic mass is 9.93. The highest BCUT2D eigenvalue weighted by molar-refractivity contribution is 5.60. The predicted molar refractivity (Wildman–Crippen MR) is 130 cm³/mol. The molecular weight excluding hydrogens is 432 g/mol. The molecule has 0 bridgehead atoms. The zero-order valence-corrected chi connectivity index (χ0v) is 19.1. The van der Waals surface area contributed by atoms with E-state index in [9.17, 15) is 10.2 Å². The Labute approximate surface area is 199 Å². The van der Waals surface area contributed by atoms with Crippen LogP contribution in [0.1, 0.15) is 17.2 Å². The minimum Gasteiger partial charge on any atom is -0.508 e. The molecule has 3 heterocycles. The molecular formula is C25H30N6O3. The van der Waals surface area contributed by atoms with E-state index in [4.69, 9.17) is 14.7 Å². The Morgan fingerprint density at radius 2 is 1.85 bits per heavy atom. The van der Waals surface area contributed by atoms with E-state index >= 15 is 0 Å². The second-order valence-electron chi connectivity index (χ2n) is 8.55. The fraction of sp³-hybridized carbons (Fsp3) is 0.400. The SMILES string of the molecule is OCC1c2ccccc2CCN1c1nc(NCCN2CCOCC2)nc(-c2cccc(O)c2)n1. The predicted octanol–water partition coefficient (Wildman–Crippen LogP) is 2.08. The molecule has 2 aliphatic rings. The topological polar surface area (TPSA) is 107 Å². The van der Waals surface area contributed by atoms with Crippen LogP contribution in [0.3, 0.4) is 0 Å². The average molecular weight is 463 g/mol. The molecule has 1 aromatic heterocycles. The molecule has 1 atom stereocenters. The smallest absolute Gasteiger partial charge is 0.231 e. The molecule has 0 radical (unpaired) electrons. The summed E-state index contributed by atoms with van der Waals surface area (Å²) in [6, 6.07) is 14.9. The van der Waals surface area contributed by atoms with Crippen molar-refractivity contribution in [2.45, 2.75) is 12.5 Å². The summed E-state index contributed by atoms with van der Waals surface area (Å²) in [6.07, 6.45) is 0.847. The molecule has 3 N–H and O–H groups in total. The minimum absolute atomic E-state index is 0.0378. The fourth-order valence-corrected chi connectivity index (χ4v) is 4.58. The molecule has 9 heteroatoms. The molecule has 1 saturated heterocycles. The normalized spacial score (nSPS) is 18.5. The molecule has 0 amide bonds. The minimum atomic E-state index is -0.231. The van der Waals surface area contributed by atoms with Crippen molar-refractivity contribution in [2.24, 2.45) is 0 Å². The molecule has 0 spiro atoms. The van der Waals surface area contributed by atoms with Crippen LogP contribution in [0.15, 0.2) is 48.5 Å². The van der Waals surface area contributed by atoms with E-state index in [0.717, 1.165) is 44.8 Å². The first-order valence-electron chi connectivity index (χ1n) is 11.8. The maximum Gasteiger partial charge on any atom is 0.231 e. The van der Waals surface area contributed by atoms with Gasteiger partial charge in [0.05, 0.1) is 25.9 Å². The molecule has 3 aromatic rings. The number of aliphatic hydroxyl groups excluding tert-OH is 1. The lowest BCUT2D eigenvalue weighted by Crippen LogP contribution is -2.39. The van der Waals surface area contributed by atoms with Crippen molar-refractivity contribution in [3.8, 4) is 17.1 Å². The highest BCUT2D eigenvalue weighted by Crippen LogP contribution is 2.33. The molecule has 2 aromatic carbocycles. The molecule has 1 fully saturated rings. The van der Waals surface area contributed by atoms with Gasteiger partial charge in [-0.1, -0.05) is 36.4 Å². The second kappa shape index (κ2) is 10.3. The molecule has 5 rings (SSSR count). The number of hydrogen-bond donors (Lipinski definition) is 3. The van der Waals surface area contributed by atoms with Crippen molar-refractivity contribution in [1.82, 2.24) is 19.9 Å². The van der Waals surface area contributed by atoms with Crippen LogP contribution in [0.4, 0.5) is 11.9 Å². The lowest BCUT2D eigenvalue weighted by Gasteiger charge is -2.36. The Morgan fingerprint density at radius 3 is 2.68 bits per heavy atom. The number of phenols is 1. The monoisotopic (exact) mass is 462 g/mol. The summed E-state index contributed by atoms with van der Waals surface area (Å²) in [5, 5.41) is 23.6. The van der Waals surface area contributed by atoms with Gasteiger partial charge in [0.1, 0.15) is 5.75 Å². The fourth-order valence-electron chi connectivity index (χ4n) is 4.58. The first-order valence-corrected chi connectivity index (χ1v) is 11.8. The van der Waals surface area contributed by atoms with Crippen LogP contribution < -0.4 is 10.2 Å². The molecule has 1 unspecified atom stereocenters. The highest BCUT2D eigenvalue weighted by Gasteiger charge is 2.29. The molecule has 178 valence electrons. The van der Waals surface area contributed by atoms with Gasteiger partial charge in [0.15, 0.2) is 5.82 Å². The standard InChI is InChI=1S/C25H30N6O3/c32-17-22-21-7-2-1-4-18(21)8-10-31(22)25-28-23(19-5-3-6-20(33)16-19)27-24(29-25)26-9-11-30-12-14-34-15-13-30/h1-7,16,22,32-33H,8-15,17H2,(H,26,27,28,29). The van der Waals surface area contributed by atoms with E-state index in [1.54, 1.807) is 18.2 Å². The number of ether oxygens (including phenoxy) is 1. The Kier molecular flexibility index (Phi) is 6.84. The third-order valence-corrected chi connectivity index (χ3v) is 6.38. The number of morpholine rings is 1. The number of hydrogen-bond acceptors (Lipinski definition) is 9. The summed E-state index contributed by atoms with van der Waals surface area (Å²) in [5.74, 6) is 1.62. The number of fused-ring (bicyclic) bond motifs is 1. The Bertz CT molecular complexity index is 1120. The van der Waals surface area contributed by atoms with Gasteiger partial charge in [-0.15, -0.1) is 0 Å². The maximum absolute atomic E-state index is 10.3. The summed E-state index contributed by atoms with van der Waals surface area (Å²) in [7, 11) is 0. The van der Waals surface area contributed by atoms with Crippen molar-refractivity contribution in [3.05, 3.63) is 59.7 Å². The van der Waals surface area contributed by atoms with E-state index in [1.807, 2.05) is 23.1 Å². The number of phenolic OH excluding ortho intramolecular Hbond substituents is 1. The van der Waals surface area contributed by atoms with Gasteiger partial charge < -0.3 is 25.2 Å². The lowest BCUT2D eigenvalue weighted by molar-refractivity contribution is 0.0398. The van der Waals surface area contributed by atoms with Crippen LogP contribution in [0.2, 0.25) is 0 Å². The first-order chi connectivity index (χ1) is 16.7. The first kappa shape index (κ1) is 22.5. The van der Waals surface area contributed by atoms with Crippen LogP contribution in [-0.2, 0) is 11.2 Å². The average Bonchev–Trinajstić information content (AvgIpc) is 2.88. The van der Waals surface area contributed by atoms with Crippen LogP contribution in [0, 0.1) is 0 Å². The van der Waals surface area contributed by atoms with Gasteiger partial charge >= 0.3 is 0 Å². The summed E-state index contributed by atoms with van der Waals surface area (Å²) in [6.45, 7) is 5.57. The summed E-state index contributed by atoms with van der Waals surface area (Å²) >= 11 is 0. The van der Waals surface area contributed by atoms with E-state index in [-0.39, 0.29) is 18.4 Å². The van der Waals surface area contributed by atoms with Crippen molar-refractivity contribution in [2.75, 3.05) is 62.8 Å². The maximum atomic E-state index is 10.3. The van der Waals surface area contributed by atoms with E-state index in [1.165, 1.54) is 5.56 Å². The summed E-state index contributed by atoms with van der Waals surface area (Å²) < 4.78 is 5.43. The zero-order chi connectivity index (χ0) is 23.3. The number of aromatic nitrogens is 3. The number of benzene rings is 2. The number of anilines is 2. The van der Waals surface area contributed by atoms with E-state index in [0.29, 0.717) is 36.4 Å². The largest absolute Gasteiger partial charge is 0.508 e. The van der Waals surface area contributed by atoms with Crippen LogP contribution in [0.25, 0.3) is 11.4 Å². The Balaban J connectivity index is 1.44. The number of nitrogens with zero attached hydrogens (tertiary/aromatic N) is 5. The number of aromatic hydroxyl groups is 1. The van der Waals surface area contributed by atoms with Crippen LogP contribution in [0.5, 0.6) is 5.75 Å².